The Morgan fingerprint density at radius 2 is 1.93 bits per heavy atom. The molecule has 1 aliphatic heterocycles. The lowest BCUT2D eigenvalue weighted by molar-refractivity contribution is -0.384. The van der Waals surface area contributed by atoms with E-state index >= 15 is 0 Å². The van der Waals surface area contributed by atoms with E-state index in [1.54, 1.807) is 18.2 Å². The summed E-state index contributed by atoms with van der Waals surface area (Å²) < 4.78 is 15.5. The first-order valence-electron chi connectivity index (χ1n) is 8.26. The lowest BCUT2D eigenvalue weighted by Crippen LogP contribution is -2.30. The van der Waals surface area contributed by atoms with E-state index < -0.39 is 22.9 Å². The number of hydrogen-bond donors (Lipinski definition) is 2. The molecule has 0 fully saturated rings. The number of hydrogen-bond acceptors (Lipinski definition) is 8. The Kier molecular flexibility index (Phi) is 5.30. The summed E-state index contributed by atoms with van der Waals surface area (Å²) in [5, 5.41) is 16.4. The van der Waals surface area contributed by atoms with Crippen molar-refractivity contribution in [2.45, 2.75) is 13.0 Å². The number of benzene rings is 2. The van der Waals surface area contributed by atoms with E-state index in [1.807, 2.05) is 0 Å². The Bertz CT molecular complexity index is 945. The Hall–Kier alpha value is -3.82. The van der Waals surface area contributed by atoms with Gasteiger partial charge in [-0.05, 0) is 31.2 Å². The number of fused-ring (bicyclic) bond motifs is 1. The minimum atomic E-state index is -1.12. The highest BCUT2D eigenvalue weighted by atomic mass is 16.7. The molecule has 1 heterocycles. The molecular formula is C18H17N3O7. The summed E-state index contributed by atoms with van der Waals surface area (Å²) in [7, 11) is 1.53. The van der Waals surface area contributed by atoms with Crippen LogP contribution in [0, 0.1) is 10.1 Å². The third-order valence-corrected chi connectivity index (χ3v) is 3.99. The first kappa shape index (κ1) is 19.0. The van der Waals surface area contributed by atoms with E-state index in [0.717, 1.165) is 6.07 Å². The van der Waals surface area contributed by atoms with Crippen molar-refractivity contribution in [3.05, 3.63) is 52.1 Å². The average Bonchev–Trinajstić information content (AvgIpc) is 3.15. The number of nitro groups is 1. The van der Waals surface area contributed by atoms with Gasteiger partial charge < -0.3 is 24.8 Å². The standard InChI is InChI=1S/C18H17N3O7/c1-10(17(22)20-12-4-6-15-16(8-12)27-9-26-15)28-18(23)11-3-5-13(19-2)14(7-11)21(24)25/h3-8,10,19H,9H2,1-2H3,(H,20,22)/t10-/m0/s1. The van der Waals surface area contributed by atoms with Gasteiger partial charge in [-0.2, -0.15) is 0 Å². The minimum Gasteiger partial charge on any atom is -0.454 e. The summed E-state index contributed by atoms with van der Waals surface area (Å²) in [6.45, 7) is 1.51. The third-order valence-electron chi connectivity index (χ3n) is 3.99. The number of amides is 1. The third kappa shape index (κ3) is 3.95. The van der Waals surface area contributed by atoms with Gasteiger partial charge in [-0.1, -0.05) is 0 Å². The second kappa shape index (κ2) is 7.82. The number of esters is 1. The molecule has 0 unspecified atom stereocenters. The molecule has 0 saturated carbocycles. The van der Waals surface area contributed by atoms with Gasteiger partial charge in [0.15, 0.2) is 17.6 Å². The molecule has 0 bridgehead atoms. The fraction of sp³-hybridized carbons (Fsp3) is 0.222. The molecule has 0 saturated heterocycles. The Balaban J connectivity index is 1.66. The maximum atomic E-state index is 12.3. The summed E-state index contributed by atoms with van der Waals surface area (Å²) in [4.78, 5) is 35.0. The number of nitrogens with one attached hydrogen (secondary N) is 2. The van der Waals surface area contributed by atoms with Crippen LogP contribution in [0.5, 0.6) is 11.5 Å². The molecule has 1 aliphatic rings. The SMILES string of the molecule is CNc1ccc(C(=O)O[C@@H](C)C(=O)Nc2ccc3c(c2)OCO3)cc1[N+](=O)[O-]. The van der Waals surface area contributed by atoms with Gasteiger partial charge in [0.2, 0.25) is 6.79 Å². The van der Waals surface area contributed by atoms with Crippen LogP contribution in [0.25, 0.3) is 0 Å². The highest BCUT2D eigenvalue weighted by molar-refractivity contribution is 5.98. The van der Waals surface area contributed by atoms with Crippen molar-refractivity contribution in [2.24, 2.45) is 0 Å². The number of carbonyl (C=O) groups excluding carboxylic acids is 2. The van der Waals surface area contributed by atoms with Crippen LogP contribution in [-0.2, 0) is 9.53 Å². The average molecular weight is 387 g/mol. The summed E-state index contributed by atoms with van der Waals surface area (Å²) >= 11 is 0. The number of carbonyl (C=O) groups is 2. The van der Waals surface area contributed by atoms with E-state index in [0.29, 0.717) is 17.2 Å². The van der Waals surface area contributed by atoms with E-state index in [9.17, 15) is 19.7 Å². The molecule has 2 N–H and O–H groups in total. The van der Waals surface area contributed by atoms with Crippen molar-refractivity contribution in [3.63, 3.8) is 0 Å². The first-order valence-corrected chi connectivity index (χ1v) is 8.26. The van der Waals surface area contributed by atoms with Crippen LogP contribution < -0.4 is 20.1 Å². The molecule has 10 heteroatoms. The minimum absolute atomic E-state index is 0.0339. The zero-order valence-corrected chi connectivity index (χ0v) is 15.1. The molecule has 2 aromatic rings. The van der Waals surface area contributed by atoms with Gasteiger partial charge >= 0.3 is 5.97 Å². The van der Waals surface area contributed by atoms with E-state index in [4.69, 9.17) is 14.2 Å². The fourth-order valence-electron chi connectivity index (χ4n) is 2.52. The number of nitrogens with zero attached hydrogens (tertiary/aromatic N) is 1. The van der Waals surface area contributed by atoms with E-state index in [2.05, 4.69) is 10.6 Å². The molecule has 0 spiro atoms. The smallest absolute Gasteiger partial charge is 0.339 e. The molecule has 3 rings (SSSR count). The normalized spacial score (nSPS) is 12.8. The van der Waals surface area contributed by atoms with Crippen LogP contribution in [0.1, 0.15) is 17.3 Å². The molecule has 0 aromatic heterocycles. The first-order chi connectivity index (χ1) is 13.4. The monoisotopic (exact) mass is 387 g/mol. The van der Waals surface area contributed by atoms with Gasteiger partial charge in [-0.15, -0.1) is 0 Å². The Morgan fingerprint density at radius 3 is 2.64 bits per heavy atom. The van der Waals surface area contributed by atoms with Crippen LogP contribution in [0.2, 0.25) is 0 Å². The van der Waals surface area contributed by atoms with Crippen LogP contribution in [0.4, 0.5) is 17.1 Å². The van der Waals surface area contributed by atoms with E-state index in [1.165, 1.54) is 26.1 Å². The molecule has 0 radical (unpaired) electrons. The van der Waals surface area contributed by atoms with Crippen molar-refractivity contribution in [2.75, 3.05) is 24.5 Å². The second-order valence-corrected chi connectivity index (χ2v) is 5.84. The second-order valence-electron chi connectivity index (χ2n) is 5.84. The van der Waals surface area contributed by atoms with Crippen molar-refractivity contribution in [3.8, 4) is 11.5 Å². The predicted molar refractivity (Wildman–Crippen MR) is 98.7 cm³/mol. The zero-order valence-electron chi connectivity index (χ0n) is 15.1. The Morgan fingerprint density at radius 1 is 1.18 bits per heavy atom. The molecule has 28 heavy (non-hydrogen) atoms. The van der Waals surface area contributed by atoms with Crippen LogP contribution in [-0.4, -0.2) is 36.7 Å². The van der Waals surface area contributed by atoms with Gasteiger partial charge in [-0.3, -0.25) is 14.9 Å². The maximum absolute atomic E-state index is 12.3. The van der Waals surface area contributed by atoms with Gasteiger partial charge in [0, 0.05) is 24.9 Å². The van der Waals surface area contributed by atoms with Crippen LogP contribution in [0.15, 0.2) is 36.4 Å². The number of nitro benzene ring substituents is 1. The predicted octanol–water partition coefficient (Wildman–Crippen LogP) is 2.55. The number of ether oxygens (including phenoxy) is 3. The summed E-state index contributed by atoms with van der Waals surface area (Å²) in [5.74, 6) is -0.337. The number of rotatable bonds is 6. The molecule has 0 aliphatic carbocycles. The van der Waals surface area contributed by atoms with Crippen molar-refractivity contribution in [1.29, 1.82) is 0 Å². The molecular weight excluding hydrogens is 370 g/mol. The largest absolute Gasteiger partial charge is 0.454 e. The summed E-state index contributed by atoms with van der Waals surface area (Å²) in [6, 6.07) is 8.73. The lowest BCUT2D eigenvalue weighted by atomic mass is 10.1. The van der Waals surface area contributed by atoms with Crippen molar-refractivity contribution in [1.82, 2.24) is 0 Å². The molecule has 146 valence electrons. The quantitative estimate of drug-likeness (QED) is 0.439. The lowest BCUT2D eigenvalue weighted by Gasteiger charge is -2.14. The van der Waals surface area contributed by atoms with Crippen molar-refractivity contribution < 1.29 is 28.7 Å². The van der Waals surface area contributed by atoms with Gasteiger partial charge in [0.25, 0.3) is 11.6 Å². The number of anilines is 2. The molecule has 10 nitrogen and oxygen atoms in total. The van der Waals surface area contributed by atoms with Gasteiger partial charge in [0.05, 0.1) is 10.5 Å². The Labute approximate surface area is 159 Å². The van der Waals surface area contributed by atoms with E-state index in [-0.39, 0.29) is 23.7 Å². The summed E-state index contributed by atoms with van der Waals surface area (Å²) in [5.41, 5.74) is 0.407. The highest BCUT2D eigenvalue weighted by Crippen LogP contribution is 2.34. The van der Waals surface area contributed by atoms with Gasteiger partial charge in [-0.25, -0.2) is 4.79 Å². The molecule has 1 amide bonds. The maximum Gasteiger partial charge on any atom is 0.339 e. The van der Waals surface area contributed by atoms with Gasteiger partial charge in [0.1, 0.15) is 5.69 Å². The topological polar surface area (TPSA) is 129 Å². The summed E-state index contributed by atoms with van der Waals surface area (Å²) in [6.07, 6.45) is -1.12. The molecule has 2 aromatic carbocycles. The van der Waals surface area contributed by atoms with Crippen LogP contribution >= 0.6 is 0 Å². The van der Waals surface area contributed by atoms with Crippen LogP contribution in [0.3, 0.4) is 0 Å². The van der Waals surface area contributed by atoms with Crippen molar-refractivity contribution >= 4 is 28.9 Å². The fourth-order valence-corrected chi connectivity index (χ4v) is 2.52. The molecule has 1 atom stereocenters. The zero-order chi connectivity index (χ0) is 20.3. The highest BCUT2D eigenvalue weighted by Gasteiger charge is 2.23.